The number of esters is 1. The van der Waals surface area contributed by atoms with E-state index in [-0.39, 0.29) is 4.91 Å². The summed E-state index contributed by atoms with van der Waals surface area (Å²) >= 11 is 4.18. The minimum absolute atomic E-state index is 0.222. The van der Waals surface area contributed by atoms with E-state index in [0.29, 0.717) is 30.3 Å². The molecule has 7 nitrogen and oxygen atoms in total. The number of benzene rings is 2. The van der Waals surface area contributed by atoms with Gasteiger partial charge >= 0.3 is 5.97 Å². The van der Waals surface area contributed by atoms with Gasteiger partial charge in [-0.1, -0.05) is 34.1 Å². The number of nitrogens with zero attached hydrogens (tertiary/aromatic N) is 1. The summed E-state index contributed by atoms with van der Waals surface area (Å²) in [5, 5.41) is -0.513. The molecule has 0 saturated carbocycles. The second kappa shape index (κ2) is 10.5. The summed E-state index contributed by atoms with van der Waals surface area (Å²) in [6.45, 7) is 2.27. The zero-order valence-electron chi connectivity index (χ0n) is 16.9. The summed E-state index contributed by atoms with van der Waals surface area (Å²) in [7, 11) is 1.20. The molecule has 2 aromatic rings. The monoisotopic (exact) mass is 505 g/mol. The molecule has 1 heterocycles. The first kappa shape index (κ1) is 22.9. The lowest BCUT2D eigenvalue weighted by Gasteiger charge is -2.13. The van der Waals surface area contributed by atoms with E-state index in [2.05, 4.69) is 20.7 Å². The maximum Gasteiger partial charge on any atom is 0.325 e. The van der Waals surface area contributed by atoms with E-state index >= 15 is 0 Å². The lowest BCUT2D eigenvalue weighted by molar-refractivity contribution is -0.143. The van der Waals surface area contributed by atoms with E-state index < -0.39 is 23.7 Å². The maximum atomic E-state index is 12.5. The van der Waals surface area contributed by atoms with Crippen molar-refractivity contribution in [2.45, 2.75) is 13.5 Å². The molecule has 162 valence electrons. The number of amides is 2. The number of carbonyl (C=O) groups is 3. The van der Waals surface area contributed by atoms with Crippen molar-refractivity contribution in [3.8, 4) is 11.5 Å². The van der Waals surface area contributed by atoms with Crippen LogP contribution in [0, 0.1) is 0 Å². The predicted molar refractivity (Wildman–Crippen MR) is 121 cm³/mol. The van der Waals surface area contributed by atoms with Crippen LogP contribution >= 0.6 is 27.7 Å². The van der Waals surface area contributed by atoms with Gasteiger partial charge in [0.25, 0.3) is 11.1 Å². The van der Waals surface area contributed by atoms with Gasteiger partial charge in [0.1, 0.15) is 13.2 Å². The predicted octanol–water partition coefficient (Wildman–Crippen LogP) is 4.64. The Labute approximate surface area is 192 Å². The van der Waals surface area contributed by atoms with E-state index in [1.54, 1.807) is 24.3 Å². The van der Waals surface area contributed by atoms with E-state index in [1.807, 2.05) is 31.2 Å². The minimum Gasteiger partial charge on any atom is -0.490 e. The molecular formula is C22H20BrNO6S. The van der Waals surface area contributed by atoms with Crippen LogP contribution in [0.25, 0.3) is 6.08 Å². The van der Waals surface area contributed by atoms with Gasteiger partial charge in [0.05, 0.1) is 18.6 Å². The van der Waals surface area contributed by atoms with E-state index in [1.165, 1.54) is 7.11 Å². The molecule has 1 aliphatic heterocycles. The average molecular weight is 506 g/mol. The summed E-state index contributed by atoms with van der Waals surface area (Å²) in [5.41, 5.74) is 1.68. The second-order valence-electron chi connectivity index (χ2n) is 6.40. The van der Waals surface area contributed by atoms with Crippen LogP contribution in [0.15, 0.2) is 51.8 Å². The quantitative estimate of drug-likeness (QED) is 0.381. The summed E-state index contributed by atoms with van der Waals surface area (Å²) in [5.74, 6) is -0.0914. The summed E-state index contributed by atoms with van der Waals surface area (Å²) in [4.78, 5) is 37.1. The number of ether oxygens (including phenoxy) is 3. The third-order valence-electron chi connectivity index (χ3n) is 4.26. The normalized spacial score (nSPS) is 14.8. The standard InChI is InChI=1S/C22H20BrNO6S/c1-3-29-18-10-15(6-9-17(18)30-13-14-4-7-16(23)8-5-14)11-19-21(26)24(22(27)31-19)12-20(25)28-2/h4-11H,3,12-13H2,1-2H3/b19-11-. The highest BCUT2D eigenvalue weighted by molar-refractivity contribution is 9.10. The van der Waals surface area contributed by atoms with Crippen molar-refractivity contribution in [1.29, 1.82) is 0 Å². The first-order valence-electron chi connectivity index (χ1n) is 9.37. The zero-order valence-corrected chi connectivity index (χ0v) is 19.3. The van der Waals surface area contributed by atoms with Crippen LogP contribution in [0.1, 0.15) is 18.1 Å². The molecule has 2 aromatic carbocycles. The van der Waals surface area contributed by atoms with Gasteiger partial charge in [-0.3, -0.25) is 19.3 Å². The Morgan fingerprint density at radius 1 is 1.10 bits per heavy atom. The van der Waals surface area contributed by atoms with Crippen LogP contribution in [0.3, 0.4) is 0 Å². The number of hydrogen-bond acceptors (Lipinski definition) is 7. The molecule has 2 amide bonds. The second-order valence-corrected chi connectivity index (χ2v) is 8.31. The van der Waals surface area contributed by atoms with Gasteiger partial charge in [-0.05, 0) is 60.2 Å². The molecule has 1 aliphatic rings. The Balaban J connectivity index is 1.77. The Hall–Kier alpha value is -2.78. The molecule has 0 radical (unpaired) electrons. The van der Waals surface area contributed by atoms with Gasteiger partial charge in [-0.2, -0.15) is 0 Å². The molecule has 0 bridgehead atoms. The minimum atomic E-state index is -0.658. The van der Waals surface area contributed by atoms with Crippen molar-refractivity contribution in [3.63, 3.8) is 0 Å². The topological polar surface area (TPSA) is 82.1 Å². The van der Waals surface area contributed by atoms with Crippen LogP contribution in [0.5, 0.6) is 11.5 Å². The molecular weight excluding hydrogens is 486 g/mol. The average Bonchev–Trinajstić information content (AvgIpc) is 3.01. The third-order valence-corrected chi connectivity index (χ3v) is 5.70. The fourth-order valence-corrected chi connectivity index (χ4v) is 3.83. The van der Waals surface area contributed by atoms with Crippen molar-refractivity contribution in [2.75, 3.05) is 20.3 Å². The Kier molecular flexibility index (Phi) is 7.75. The van der Waals surface area contributed by atoms with Gasteiger partial charge in [0.2, 0.25) is 0 Å². The molecule has 0 aliphatic carbocycles. The van der Waals surface area contributed by atoms with Crippen molar-refractivity contribution in [3.05, 3.63) is 63.0 Å². The summed E-state index contributed by atoms with van der Waals surface area (Å²) in [6.07, 6.45) is 1.59. The molecule has 0 unspecified atom stereocenters. The van der Waals surface area contributed by atoms with Crippen LogP contribution in [0.2, 0.25) is 0 Å². The molecule has 3 rings (SSSR count). The fourth-order valence-electron chi connectivity index (χ4n) is 2.73. The zero-order chi connectivity index (χ0) is 22.4. The van der Waals surface area contributed by atoms with Crippen molar-refractivity contribution < 1.29 is 28.6 Å². The van der Waals surface area contributed by atoms with E-state index in [0.717, 1.165) is 26.7 Å². The number of rotatable bonds is 8. The molecule has 0 N–H and O–H groups in total. The van der Waals surface area contributed by atoms with Gasteiger partial charge in [-0.25, -0.2) is 0 Å². The maximum absolute atomic E-state index is 12.5. The highest BCUT2D eigenvalue weighted by Crippen LogP contribution is 2.35. The molecule has 31 heavy (non-hydrogen) atoms. The van der Waals surface area contributed by atoms with Crippen LogP contribution < -0.4 is 9.47 Å². The first-order valence-corrected chi connectivity index (χ1v) is 11.0. The van der Waals surface area contributed by atoms with Gasteiger partial charge in [0, 0.05) is 4.47 Å². The molecule has 1 fully saturated rings. The molecule has 9 heteroatoms. The highest BCUT2D eigenvalue weighted by Gasteiger charge is 2.36. The molecule has 0 aromatic heterocycles. The van der Waals surface area contributed by atoms with Crippen LogP contribution in [0.4, 0.5) is 4.79 Å². The number of thioether (sulfide) groups is 1. The van der Waals surface area contributed by atoms with E-state index in [9.17, 15) is 14.4 Å². The lowest BCUT2D eigenvalue weighted by atomic mass is 10.1. The fraction of sp³-hybridized carbons (Fsp3) is 0.227. The number of halogens is 1. The van der Waals surface area contributed by atoms with E-state index in [4.69, 9.17) is 9.47 Å². The largest absolute Gasteiger partial charge is 0.490 e. The third kappa shape index (κ3) is 5.89. The Morgan fingerprint density at radius 3 is 2.52 bits per heavy atom. The summed E-state index contributed by atoms with van der Waals surface area (Å²) in [6, 6.07) is 13.1. The first-order chi connectivity index (χ1) is 14.9. The van der Waals surface area contributed by atoms with Crippen molar-refractivity contribution >= 4 is 50.9 Å². The summed E-state index contributed by atoms with van der Waals surface area (Å²) < 4.78 is 17.1. The SMILES string of the molecule is CCOc1cc(/C=C2\SC(=O)N(CC(=O)OC)C2=O)ccc1OCc1ccc(Br)cc1. The number of imide groups is 1. The lowest BCUT2D eigenvalue weighted by Crippen LogP contribution is -2.34. The van der Waals surface area contributed by atoms with Crippen LogP contribution in [-0.4, -0.2) is 42.3 Å². The Bertz CT molecular complexity index is 1020. The number of methoxy groups -OCH3 is 1. The van der Waals surface area contributed by atoms with Gasteiger partial charge in [0.15, 0.2) is 11.5 Å². The smallest absolute Gasteiger partial charge is 0.325 e. The van der Waals surface area contributed by atoms with Crippen molar-refractivity contribution in [2.24, 2.45) is 0 Å². The Morgan fingerprint density at radius 2 is 1.84 bits per heavy atom. The van der Waals surface area contributed by atoms with Gasteiger partial charge in [-0.15, -0.1) is 0 Å². The number of carbonyl (C=O) groups excluding carboxylic acids is 3. The number of hydrogen-bond donors (Lipinski definition) is 0. The van der Waals surface area contributed by atoms with Gasteiger partial charge < -0.3 is 14.2 Å². The molecule has 1 saturated heterocycles. The molecule has 0 spiro atoms. The highest BCUT2D eigenvalue weighted by atomic mass is 79.9. The van der Waals surface area contributed by atoms with Crippen molar-refractivity contribution in [1.82, 2.24) is 4.90 Å². The molecule has 0 atom stereocenters. The van der Waals surface area contributed by atoms with Crippen LogP contribution in [-0.2, 0) is 20.9 Å².